The third kappa shape index (κ3) is 2.01. The number of likely N-dealkylation sites (tertiary alicyclic amines) is 1. The van der Waals surface area contributed by atoms with E-state index in [1.54, 1.807) is 0 Å². The lowest BCUT2D eigenvalue weighted by atomic mass is 10.2. The van der Waals surface area contributed by atoms with E-state index in [1.165, 1.54) is 12.8 Å². The Bertz CT molecular complexity index is 631. The highest BCUT2D eigenvalue weighted by atomic mass is 79.9. The summed E-state index contributed by atoms with van der Waals surface area (Å²) in [6, 6.07) is 6.40. The molecule has 1 saturated heterocycles. The monoisotopic (exact) mass is 309 g/mol. The summed E-state index contributed by atoms with van der Waals surface area (Å²) < 4.78 is 2.84. The lowest BCUT2D eigenvalue weighted by molar-refractivity contribution is 0.282. The summed E-state index contributed by atoms with van der Waals surface area (Å²) in [6.45, 7) is 1.91. The SMILES string of the molecule is CN1CCCC1Cn1c(=O)[nH]c2cc(Br)ccc21. The molecule has 1 fully saturated rings. The molecule has 2 aromatic rings. The molecule has 1 aliphatic rings. The largest absolute Gasteiger partial charge is 0.326 e. The molecular weight excluding hydrogens is 294 g/mol. The zero-order chi connectivity index (χ0) is 12.7. The summed E-state index contributed by atoms with van der Waals surface area (Å²) in [5.74, 6) is 0. The fraction of sp³-hybridized carbons (Fsp3) is 0.462. The summed E-state index contributed by atoms with van der Waals surface area (Å²) in [6.07, 6.45) is 2.40. The van der Waals surface area contributed by atoms with Crippen molar-refractivity contribution in [3.05, 3.63) is 33.2 Å². The van der Waals surface area contributed by atoms with E-state index in [0.717, 1.165) is 28.6 Å². The van der Waals surface area contributed by atoms with Gasteiger partial charge in [-0.25, -0.2) is 4.79 Å². The molecule has 96 valence electrons. The van der Waals surface area contributed by atoms with E-state index in [1.807, 2.05) is 22.8 Å². The number of halogens is 1. The van der Waals surface area contributed by atoms with Crippen molar-refractivity contribution in [2.75, 3.05) is 13.6 Å². The van der Waals surface area contributed by atoms with Crippen LogP contribution in [0.1, 0.15) is 12.8 Å². The van der Waals surface area contributed by atoms with E-state index < -0.39 is 0 Å². The fourth-order valence-corrected chi connectivity index (χ4v) is 3.10. The van der Waals surface area contributed by atoms with Crippen LogP contribution in [0.15, 0.2) is 27.5 Å². The summed E-state index contributed by atoms with van der Waals surface area (Å²) in [5.41, 5.74) is 1.88. The molecule has 0 radical (unpaired) electrons. The van der Waals surface area contributed by atoms with Crippen LogP contribution in [0.25, 0.3) is 11.0 Å². The predicted octanol–water partition coefficient (Wildman–Crippen LogP) is 2.19. The number of hydrogen-bond acceptors (Lipinski definition) is 2. The molecule has 0 amide bonds. The molecule has 5 heteroatoms. The Labute approximate surface area is 114 Å². The fourth-order valence-electron chi connectivity index (χ4n) is 2.74. The zero-order valence-electron chi connectivity index (χ0n) is 10.3. The Morgan fingerprint density at radius 2 is 2.33 bits per heavy atom. The van der Waals surface area contributed by atoms with Crippen molar-refractivity contribution in [2.45, 2.75) is 25.4 Å². The summed E-state index contributed by atoms with van der Waals surface area (Å²) >= 11 is 3.42. The molecule has 0 saturated carbocycles. The van der Waals surface area contributed by atoms with Crippen molar-refractivity contribution in [1.82, 2.24) is 14.5 Å². The average molecular weight is 310 g/mol. The molecule has 1 unspecified atom stereocenters. The van der Waals surface area contributed by atoms with E-state index in [9.17, 15) is 4.79 Å². The number of fused-ring (bicyclic) bond motifs is 1. The third-order valence-corrected chi connectivity index (χ3v) is 4.29. The number of imidazole rings is 1. The summed E-state index contributed by atoms with van der Waals surface area (Å²) in [5, 5.41) is 0. The Kier molecular flexibility index (Phi) is 3.03. The van der Waals surface area contributed by atoms with Gasteiger partial charge in [0.1, 0.15) is 0 Å². The molecule has 1 N–H and O–H groups in total. The number of hydrogen-bond donors (Lipinski definition) is 1. The van der Waals surface area contributed by atoms with E-state index in [4.69, 9.17) is 0 Å². The molecule has 1 aliphatic heterocycles. The van der Waals surface area contributed by atoms with Crippen LogP contribution < -0.4 is 5.69 Å². The zero-order valence-corrected chi connectivity index (χ0v) is 11.9. The highest BCUT2D eigenvalue weighted by Crippen LogP contribution is 2.20. The van der Waals surface area contributed by atoms with Gasteiger partial charge in [0.25, 0.3) is 0 Å². The molecule has 0 aliphatic carbocycles. The maximum Gasteiger partial charge on any atom is 0.326 e. The summed E-state index contributed by atoms with van der Waals surface area (Å²) in [4.78, 5) is 17.3. The van der Waals surface area contributed by atoms with Gasteiger partial charge in [0.15, 0.2) is 0 Å². The first kappa shape index (κ1) is 12.0. The van der Waals surface area contributed by atoms with E-state index >= 15 is 0 Å². The lowest BCUT2D eigenvalue weighted by Crippen LogP contribution is -2.32. The van der Waals surface area contributed by atoms with Crippen molar-refractivity contribution in [2.24, 2.45) is 0 Å². The van der Waals surface area contributed by atoms with Gasteiger partial charge in [0, 0.05) is 17.1 Å². The highest BCUT2D eigenvalue weighted by molar-refractivity contribution is 9.10. The number of aromatic nitrogens is 2. The van der Waals surface area contributed by atoms with Crippen molar-refractivity contribution < 1.29 is 0 Å². The Morgan fingerprint density at radius 3 is 3.06 bits per heavy atom. The minimum Gasteiger partial charge on any atom is -0.305 e. The molecule has 1 aromatic heterocycles. The first-order valence-corrected chi connectivity index (χ1v) is 7.03. The molecule has 3 rings (SSSR count). The first-order valence-electron chi connectivity index (χ1n) is 6.23. The van der Waals surface area contributed by atoms with Gasteiger partial charge in [-0.3, -0.25) is 4.57 Å². The molecule has 1 aromatic carbocycles. The van der Waals surface area contributed by atoms with Crippen molar-refractivity contribution >= 4 is 27.0 Å². The Balaban J connectivity index is 2.01. The second kappa shape index (κ2) is 4.55. The highest BCUT2D eigenvalue weighted by Gasteiger charge is 2.22. The first-order chi connectivity index (χ1) is 8.65. The van der Waals surface area contributed by atoms with Crippen LogP contribution >= 0.6 is 15.9 Å². The average Bonchev–Trinajstić information content (AvgIpc) is 2.85. The normalized spacial score (nSPS) is 20.9. The number of benzene rings is 1. The van der Waals surface area contributed by atoms with Crippen molar-refractivity contribution in [1.29, 1.82) is 0 Å². The van der Waals surface area contributed by atoms with E-state index in [0.29, 0.717) is 6.04 Å². The minimum atomic E-state index is -0.0107. The van der Waals surface area contributed by atoms with Crippen LogP contribution in [0.3, 0.4) is 0 Å². The topological polar surface area (TPSA) is 41.0 Å². The van der Waals surface area contributed by atoms with Gasteiger partial charge in [-0.05, 0) is 44.6 Å². The second-order valence-electron chi connectivity index (χ2n) is 4.98. The molecule has 18 heavy (non-hydrogen) atoms. The second-order valence-corrected chi connectivity index (χ2v) is 5.89. The molecule has 0 bridgehead atoms. The maximum absolute atomic E-state index is 12.0. The number of aromatic amines is 1. The third-order valence-electron chi connectivity index (χ3n) is 3.80. The smallest absolute Gasteiger partial charge is 0.305 e. The molecule has 0 spiro atoms. The van der Waals surface area contributed by atoms with Gasteiger partial charge >= 0.3 is 5.69 Å². The van der Waals surface area contributed by atoms with Crippen LogP contribution in [-0.4, -0.2) is 34.1 Å². The van der Waals surface area contributed by atoms with Crippen LogP contribution in [-0.2, 0) is 6.54 Å². The number of H-pyrrole nitrogens is 1. The number of nitrogens with zero attached hydrogens (tertiary/aromatic N) is 2. The van der Waals surface area contributed by atoms with Gasteiger partial charge in [0.05, 0.1) is 11.0 Å². The van der Waals surface area contributed by atoms with Crippen LogP contribution in [0.5, 0.6) is 0 Å². The molecule has 2 heterocycles. The minimum absolute atomic E-state index is 0.0107. The van der Waals surface area contributed by atoms with Gasteiger partial charge < -0.3 is 9.88 Å². The number of likely N-dealkylation sites (N-methyl/N-ethyl adjacent to an activating group) is 1. The van der Waals surface area contributed by atoms with Crippen LogP contribution in [0.4, 0.5) is 0 Å². The quantitative estimate of drug-likeness (QED) is 0.924. The maximum atomic E-state index is 12.0. The lowest BCUT2D eigenvalue weighted by Gasteiger charge is -2.19. The number of rotatable bonds is 2. The Morgan fingerprint density at radius 1 is 1.50 bits per heavy atom. The van der Waals surface area contributed by atoms with Gasteiger partial charge in [-0.2, -0.15) is 0 Å². The van der Waals surface area contributed by atoms with Gasteiger partial charge in [-0.1, -0.05) is 15.9 Å². The van der Waals surface area contributed by atoms with E-state index in [2.05, 4.69) is 32.9 Å². The molecular formula is C13H16BrN3O. The van der Waals surface area contributed by atoms with Crippen molar-refractivity contribution in [3.63, 3.8) is 0 Å². The summed E-state index contributed by atoms with van der Waals surface area (Å²) in [7, 11) is 2.13. The van der Waals surface area contributed by atoms with Crippen molar-refractivity contribution in [3.8, 4) is 0 Å². The van der Waals surface area contributed by atoms with Gasteiger partial charge in [-0.15, -0.1) is 0 Å². The molecule has 4 nitrogen and oxygen atoms in total. The molecule has 1 atom stereocenters. The van der Waals surface area contributed by atoms with Crippen LogP contribution in [0.2, 0.25) is 0 Å². The Hall–Kier alpha value is -1.07. The standard InChI is InChI=1S/C13H16BrN3O/c1-16-6-2-3-10(16)8-17-12-5-4-9(14)7-11(12)15-13(17)18/h4-5,7,10H,2-3,6,8H2,1H3,(H,15,18). The predicted molar refractivity (Wildman–Crippen MR) is 75.9 cm³/mol. The van der Waals surface area contributed by atoms with Gasteiger partial charge in [0.2, 0.25) is 0 Å². The van der Waals surface area contributed by atoms with Crippen LogP contribution in [0, 0.1) is 0 Å². The van der Waals surface area contributed by atoms with E-state index in [-0.39, 0.29) is 5.69 Å². The number of nitrogens with one attached hydrogen (secondary N) is 1.